The third-order valence-electron chi connectivity index (χ3n) is 4.64. The molecule has 0 unspecified atom stereocenters. The van der Waals surface area contributed by atoms with Gasteiger partial charge in [0.05, 0.1) is 5.75 Å². The van der Waals surface area contributed by atoms with Crippen molar-refractivity contribution in [3.63, 3.8) is 0 Å². The number of carbonyl (C=O) groups excluding carboxylic acids is 1. The molecule has 0 radical (unpaired) electrons. The highest BCUT2D eigenvalue weighted by Crippen LogP contribution is 2.29. The van der Waals surface area contributed by atoms with Crippen molar-refractivity contribution in [1.29, 1.82) is 0 Å². The summed E-state index contributed by atoms with van der Waals surface area (Å²) in [5, 5.41) is 13.0. The zero-order valence-electron chi connectivity index (χ0n) is 17.1. The summed E-state index contributed by atoms with van der Waals surface area (Å²) in [7, 11) is 0. The second-order valence-corrected chi connectivity index (χ2v) is 8.47. The van der Waals surface area contributed by atoms with Crippen LogP contribution in [0.15, 0.2) is 47.6 Å². The molecule has 5 nitrogen and oxygen atoms in total. The number of benzene rings is 2. The van der Waals surface area contributed by atoms with Crippen LogP contribution >= 0.6 is 23.4 Å². The molecule has 0 bridgehead atoms. The molecular formula is C22H25ClN4OS. The molecular weight excluding hydrogens is 404 g/mol. The van der Waals surface area contributed by atoms with Gasteiger partial charge in [-0.1, -0.05) is 67.5 Å². The molecule has 3 aromatic rings. The van der Waals surface area contributed by atoms with Crippen LogP contribution in [0.2, 0.25) is 5.02 Å². The summed E-state index contributed by atoms with van der Waals surface area (Å²) >= 11 is 7.49. The van der Waals surface area contributed by atoms with E-state index in [0.29, 0.717) is 22.6 Å². The Kier molecular flexibility index (Phi) is 6.98. The van der Waals surface area contributed by atoms with E-state index < -0.39 is 0 Å². The van der Waals surface area contributed by atoms with Gasteiger partial charge in [-0.25, -0.2) is 0 Å². The molecule has 0 fully saturated rings. The van der Waals surface area contributed by atoms with Gasteiger partial charge in [0.1, 0.15) is 0 Å². The summed E-state index contributed by atoms with van der Waals surface area (Å²) in [6.07, 6.45) is 0. The van der Waals surface area contributed by atoms with Crippen LogP contribution in [-0.2, 0) is 11.3 Å². The highest BCUT2D eigenvalue weighted by atomic mass is 35.5. The lowest BCUT2D eigenvalue weighted by Crippen LogP contribution is -2.17. The molecule has 2 aromatic carbocycles. The van der Waals surface area contributed by atoms with E-state index in [0.717, 1.165) is 28.2 Å². The number of thioether (sulfide) groups is 1. The fourth-order valence-electron chi connectivity index (χ4n) is 3.17. The van der Waals surface area contributed by atoms with Crippen LogP contribution in [0.25, 0.3) is 11.4 Å². The van der Waals surface area contributed by atoms with Gasteiger partial charge in [0.15, 0.2) is 11.0 Å². The number of aromatic nitrogens is 3. The van der Waals surface area contributed by atoms with Gasteiger partial charge in [-0.15, -0.1) is 10.2 Å². The molecule has 0 aliphatic carbocycles. The summed E-state index contributed by atoms with van der Waals surface area (Å²) in [4.78, 5) is 12.6. The van der Waals surface area contributed by atoms with Gasteiger partial charge in [-0.05, 0) is 43.0 Å². The Morgan fingerprint density at radius 1 is 1.21 bits per heavy atom. The fourth-order valence-corrected chi connectivity index (χ4v) is 4.16. The first kappa shape index (κ1) is 21.4. The minimum Gasteiger partial charge on any atom is -0.325 e. The Hall–Kier alpha value is -2.31. The Labute approximate surface area is 180 Å². The smallest absolute Gasteiger partial charge is 0.234 e. The van der Waals surface area contributed by atoms with E-state index in [2.05, 4.69) is 35.4 Å². The van der Waals surface area contributed by atoms with Crippen LogP contribution < -0.4 is 5.32 Å². The van der Waals surface area contributed by atoms with Crippen molar-refractivity contribution in [3.05, 3.63) is 58.6 Å². The summed E-state index contributed by atoms with van der Waals surface area (Å²) in [5.74, 6) is 1.29. The maximum Gasteiger partial charge on any atom is 0.234 e. The third-order valence-corrected chi connectivity index (χ3v) is 5.84. The predicted octanol–water partition coefficient (Wildman–Crippen LogP) is 5.78. The number of anilines is 1. The summed E-state index contributed by atoms with van der Waals surface area (Å²) in [5.41, 5.74) is 4.02. The second-order valence-electron chi connectivity index (χ2n) is 7.09. The number of nitrogens with zero attached hydrogens (tertiary/aromatic N) is 3. The molecule has 3 rings (SSSR count). The van der Waals surface area contributed by atoms with Crippen molar-refractivity contribution in [2.75, 3.05) is 11.1 Å². The number of nitrogens with one attached hydrogen (secondary N) is 1. The molecule has 152 valence electrons. The molecule has 1 N–H and O–H groups in total. The van der Waals surface area contributed by atoms with E-state index in [-0.39, 0.29) is 11.7 Å². The SMILES string of the molecule is CCn1c(SCC(=O)Nc2c(C)cccc2C(C)C)nnc1-c1cccc(Cl)c1. The molecule has 0 spiro atoms. The Morgan fingerprint density at radius 3 is 2.66 bits per heavy atom. The zero-order valence-corrected chi connectivity index (χ0v) is 18.6. The van der Waals surface area contributed by atoms with Crippen molar-refractivity contribution in [1.82, 2.24) is 14.8 Å². The molecule has 0 saturated carbocycles. The fraction of sp³-hybridized carbons (Fsp3) is 0.318. The molecule has 7 heteroatoms. The van der Waals surface area contributed by atoms with Gasteiger partial charge in [0.2, 0.25) is 5.91 Å². The number of hydrogen-bond acceptors (Lipinski definition) is 4. The normalized spacial score (nSPS) is 11.1. The van der Waals surface area contributed by atoms with E-state index in [9.17, 15) is 4.79 Å². The topological polar surface area (TPSA) is 59.8 Å². The van der Waals surface area contributed by atoms with Crippen LogP contribution in [0.3, 0.4) is 0 Å². The summed E-state index contributed by atoms with van der Waals surface area (Å²) in [6.45, 7) is 9.00. The average molecular weight is 429 g/mol. The molecule has 29 heavy (non-hydrogen) atoms. The van der Waals surface area contributed by atoms with E-state index in [1.165, 1.54) is 11.8 Å². The van der Waals surface area contributed by atoms with E-state index in [4.69, 9.17) is 11.6 Å². The highest BCUT2D eigenvalue weighted by Gasteiger charge is 2.16. The Balaban J connectivity index is 1.73. The first-order valence-electron chi connectivity index (χ1n) is 9.62. The lowest BCUT2D eigenvalue weighted by Gasteiger charge is -2.16. The molecule has 0 saturated heterocycles. The molecule has 1 aromatic heterocycles. The molecule has 0 aliphatic heterocycles. The number of rotatable bonds is 7. The van der Waals surface area contributed by atoms with Crippen molar-refractivity contribution >= 4 is 35.0 Å². The van der Waals surface area contributed by atoms with Crippen LogP contribution in [0.1, 0.15) is 37.8 Å². The number of halogens is 1. The highest BCUT2D eigenvalue weighted by molar-refractivity contribution is 7.99. The Morgan fingerprint density at radius 2 is 1.97 bits per heavy atom. The van der Waals surface area contributed by atoms with Crippen molar-refractivity contribution in [2.45, 2.75) is 45.3 Å². The van der Waals surface area contributed by atoms with Crippen molar-refractivity contribution < 1.29 is 4.79 Å². The van der Waals surface area contributed by atoms with Gasteiger partial charge in [-0.3, -0.25) is 4.79 Å². The predicted molar refractivity (Wildman–Crippen MR) is 121 cm³/mol. The monoisotopic (exact) mass is 428 g/mol. The number of carbonyl (C=O) groups is 1. The number of para-hydroxylation sites is 1. The van der Waals surface area contributed by atoms with Crippen LogP contribution in [0.5, 0.6) is 0 Å². The minimum absolute atomic E-state index is 0.0545. The Bertz CT molecular complexity index is 1020. The molecule has 1 heterocycles. The summed E-state index contributed by atoms with van der Waals surface area (Å²) < 4.78 is 2.00. The zero-order chi connectivity index (χ0) is 21.0. The van der Waals surface area contributed by atoms with Crippen molar-refractivity contribution in [2.24, 2.45) is 0 Å². The molecule has 0 aliphatic rings. The lowest BCUT2D eigenvalue weighted by molar-refractivity contribution is -0.113. The van der Waals surface area contributed by atoms with Crippen LogP contribution in [0.4, 0.5) is 5.69 Å². The van der Waals surface area contributed by atoms with Gasteiger partial charge < -0.3 is 9.88 Å². The van der Waals surface area contributed by atoms with Crippen molar-refractivity contribution in [3.8, 4) is 11.4 Å². The van der Waals surface area contributed by atoms with Gasteiger partial charge in [0.25, 0.3) is 0 Å². The third kappa shape index (κ3) is 5.00. The van der Waals surface area contributed by atoms with E-state index >= 15 is 0 Å². The second kappa shape index (κ2) is 9.46. The maximum atomic E-state index is 12.6. The first-order valence-corrected chi connectivity index (χ1v) is 11.0. The average Bonchev–Trinajstić information content (AvgIpc) is 3.10. The maximum absolute atomic E-state index is 12.6. The standard InChI is InChI=1S/C22H25ClN4OS/c1-5-27-21(16-9-7-10-17(23)12-16)25-26-22(27)29-13-19(28)24-20-15(4)8-6-11-18(20)14(2)3/h6-12,14H,5,13H2,1-4H3,(H,24,28). The minimum atomic E-state index is -0.0545. The molecule has 1 amide bonds. The van der Waals surface area contributed by atoms with Crippen LogP contribution in [0, 0.1) is 6.92 Å². The first-order chi connectivity index (χ1) is 13.9. The molecule has 0 atom stereocenters. The van der Waals surface area contributed by atoms with Gasteiger partial charge >= 0.3 is 0 Å². The quantitative estimate of drug-likeness (QED) is 0.484. The number of hydrogen-bond donors (Lipinski definition) is 1. The van der Waals surface area contributed by atoms with Gasteiger partial charge in [-0.2, -0.15) is 0 Å². The summed E-state index contributed by atoms with van der Waals surface area (Å²) in [6, 6.07) is 13.6. The lowest BCUT2D eigenvalue weighted by atomic mass is 9.98. The number of amides is 1. The largest absolute Gasteiger partial charge is 0.325 e. The number of aryl methyl sites for hydroxylation is 1. The van der Waals surface area contributed by atoms with E-state index in [1.54, 1.807) is 0 Å². The van der Waals surface area contributed by atoms with E-state index in [1.807, 2.05) is 54.8 Å². The van der Waals surface area contributed by atoms with Gasteiger partial charge in [0, 0.05) is 22.8 Å². The van der Waals surface area contributed by atoms with Crippen LogP contribution in [-0.4, -0.2) is 26.4 Å².